The molecule has 0 spiro atoms. The topological polar surface area (TPSA) is 43.8 Å². The molecule has 0 aliphatic carbocycles. The Hall–Kier alpha value is -3.64. The number of aliphatic hydroxyl groups excluding tert-OH is 1. The first-order valence-electron chi connectivity index (χ1n) is 14.2. The third-order valence-electron chi connectivity index (χ3n) is 8.18. The Morgan fingerprint density at radius 3 is 1.33 bits per heavy atom. The molecule has 1 atom stereocenters. The first-order valence-corrected chi connectivity index (χ1v) is 14.2. The fourth-order valence-corrected chi connectivity index (χ4v) is 6.15. The molecule has 0 bridgehead atoms. The van der Waals surface area contributed by atoms with Gasteiger partial charge in [-0.2, -0.15) is 0 Å². The van der Waals surface area contributed by atoms with Gasteiger partial charge in [0.2, 0.25) is 0 Å². The van der Waals surface area contributed by atoms with Crippen molar-refractivity contribution >= 4 is 43.6 Å². The molecule has 5 nitrogen and oxygen atoms in total. The number of nitrogens with one attached hydrogen (secondary N) is 1. The van der Waals surface area contributed by atoms with Crippen molar-refractivity contribution in [2.45, 2.75) is 39.1 Å². The van der Waals surface area contributed by atoms with E-state index in [9.17, 15) is 5.11 Å². The zero-order valence-electron chi connectivity index (χ0n) is 22.9. The number of ether oxygens (including phenoxy) is 1. The molecule has 6 rings (SSSR count). The molecule has 5 heteroatoms. The lowest BCUT2D eigenvalue weighted by Crippen LogP contribution is -3.12. The van der Waals surface area contributed by atoms with Crippen LogP contribution in [-0.2, 0) is 17.8 Å². The van der Waals surface area contributed by atoms with Crippen molar-refractivity contribution in [2.24, 2.45) is 0 Å². The van der Waals surface area contributed by atoms with Crippen molar-refractivity contribution < 1.29 is 14.7 Å². The standard InChI is InChI=1S/C34H37N3O2/c1-3-35(4-2)21-25(38)24-39-26(22-36-31-17-9-5-13-27(31)28-14-6-10-18-32(28)36)23-37-33-19-11-7-15-29(33)30-16-8-12-20-34(30)37/h5-20,25-26,38H,3-4,21-24H2,1-2H3/p+1/t25-/m1/s1. The second-order valence-corrected chi connectivity index (χ2v) is 10.6. The highest BCUT2D eigenvalue weighted by Crippen LogP contribution is 2.31. The van der Waals surface area contributed by atoms with E-state index in [1.165, 1.54) is 48.5 Å². The molecule has 2 heterocycles. The average Bonchev–Trinajstić information content (AvgIpc) is 3.47. The van der Waals surface area contributed by atoms with Crippen LogP contribution in [0.2, 0.25) is 0 Å². The second-order valence-electron chi connectivity index (χ2n) is 10.6. The molecule has 0 amide bonds. The summed E-state index contributed by atoms with van der Waals surface area (Å²) in [6, 6.07) is 34.5. The molecular formula is C34H38N3O2+. The maximum Gasteiger partial charge on any atom is 0.126 e. The van der Waals surface area contributed by atoms with E-state index in [1.54, 1.807) is 0 Å². The van der Waals surface area contributed by atoms with E-state index in [-0.39, 0.29) is 6.10 Å². The van der Waals surface area contributed by atoms with Gasteiger partial charge in [-0.1, -0.05) is 72.8 Å². The van der Waals surface area contributed by atoms with Gasteiger partial charge >= 0.3 is 0 Å². The van der Waals surface area contributed by atoms with Gasteiger partial charge in [0.15, 0.2) is 0 Å². The van der Waals surface area contributed by atoms with Gasteiger partial charge in [-0.05, 0) is 38.1 Å². The van der Waals surface area contributed by atoms with Crippen LogP contribution in [0.15, 0.2) is 97.1 Å². The number of aliphatic hydroxyl groups is 1. The van der Waals surface area contributed by atoms with Crippen molar-refractivity contribution in [3.05, 3.63) is 97.1 Å². The molecule has 0 aliphatic rings. The van der Waals surface area contributed by atoms with Crippen LogP contribution >= 0.6 is 0 Å². The quantitative estimate of drug-likeness (QED) is 0.244. The SMILES string of the molecule is CC[NH+](CC)C[C@@H](O)COC(Cn1c2ccccc2c2ccccc21)Cn1c2ccccc2c2ccccc21. The van der Waals surface area contributed by atoms with E-state index in [0.717, 1.165) is 13.1 Å². The number of aromatic nitrogens is 2. The minimum absolute atomic E-state index is 0.134. The van der Waals surface area contributed by atoms with Crippen LogP contribution in [0.25, 0.3) is 43.6 Å². The Labute approximate surface area is 229 Å². The molecule has 0 aliphatic heterocycles. The number of hydrogen-bond acceptors (Lipinski definition) is 2. The molecule has 4 aromatic carbocycles. The van der Waals surface area contributed by atoms with Crippen LogP contribution in [-0.4, -0.2) is 52.7 Å². The fourth-order valence-electron chi connectivity index (χ4n) is 6.15. The number of quaternary nitrogens is 1. The summed E-state index contributed by atoms with van der Waals surface area (Å²) in [5, 5.41) is 15.9. The Balaban J connectivity index is 1.39. The number of para-hydroxylation sites is 4. The number of hydrogen-bond donors (Lipinski definition) is 2. The molecule has 0 saturated carbocycles. The van der Waals surface area contributed by atoms with Crippen LogP contribution in [0.3, 0.4) is 0 Å². The number of benzene rings is 4. The smallest absolute Gasteiger partial charge is 0.126 e. The van der Waals surface area contributed by atoms with Crippen LogP contribution in [0.4, 0.5) is 0 Å². The van der Waals surface area contributed by atoms with Crippen LogP contribution < -0.4 is 4.90 Å². The lowest BCUT2D eigenvalue weighted by molar-refractivity contribution is -0.899. The molecule has 200 valence electrons. The van der Waals surface area contributed by atoms with Crippen molar-refractivity contribution in [2.75, 3.05) is 26.2 Å². The van der Waals surface area contributed by atoms with Gasteiger partial charge in [-0.25, -0.2) is 0 Å². The summed E-state index contributed by atoms with van der Waals surface area (Å²) in [6.45, 7) is 8.74. The van der Waals surface area contributed by atoms with Gasteiger partial charge in [0, 0.05) is 43.6 Å². The third kappa shape index (κ3) is 4.94. The van der Waals surface area contributed by atoms with Crippen molar-refractivity contribution in [3.63, 3.8) is 0 Å². The predicted molar refractivity (Wildman–Crippen MR) is 162 cm³/mol. The molecule has 2 N–H and O–H groups in total. The van der Waals surface area contributed by atoms with Crippen LogP contribution in [0.1, 0.15) is 13.8 Å². The summed E-state index contributed by atoms with van der Waals surface area (Å²) in [7, 11) is 0. The highest BCUT2D eigenvalue weighted by atomic mass is 16.5. The molecule has 6 aromatic rings. The van der Waals surface area contributed by atoms with E-state index in [2.05, 4.69) is 120 Å². The zero-order chi connectivity index (χ0) is 26.8. The monoisotopic (exact) mass is 520 g/mol. The summed E-state index contributed by atoms with van der Waals surface area (Å²) >= 11 is 0. The lowest BCUT2D eigenvalue weighted by atomic mass is 10.2. The Kier molecular flexibility index (Phi) is 7.38. The van der Waals surface area contributed by atoms with Gasteiger partial charge in [0.1, 0.15) is 12.6 Å². The molecule has 0 saturated heterocycles. The van der Waals surface area contributed by atoms with E-state index in [1.807, 2.05) is 0 Å². The van der Waals surface area contributed by atoms with E-state index >= 15 is 0 Å². The summed E-state index contributed by atoms with van der Waals surface area (Å²) in [5.74, 6) is 0. The summed E-state index contributed by atoms with van der Waals surface area (Å²) in [6.07, 6.45) is -0.636. The van der Waals surface area contributed by atoms with E-state index in [4.69, 9.17) is 4.74 Å². The molecule has 0 fully saturated rings. The van der Waals surface area contributed by atoms with Gasteiger partial charge < -0.3 is 23.9 Å². The Morgan fingerprint density at radius 1 is 0.615 bits per heavy atom. The number of rotatable bonds is 11. The lowest BCUT2D eigenvalue weighted by Gasteiger charge is -2.24. The number of nitrogens with zero attached hydrogens (tertiary/aromatic N) is 2. The Bertz CT molecular complexity index is 1490. The average molecular weight is 521 g/mol. The minimum atomic E-state index is -0.501. The third-order valence-corrected chi connectivity index (χ3v) is 8.18. The number of fused-ring (bicyclic) bond motifs is 6. The molecule has 39 heavy (non-hydrogen) atoms. The molecule has 2 aromatic heterocycles. The Morgan fingerprint density at radius 2 is 0.974 bits per heavy atom. The maximum atomic E-state index is 10.9. The van der Waals surface area contributed by atoms with Crippen molar-refractivity contribution in [3.8, 4) is 0 Å². The first-order chi connectivity index (χ1) is 19.2. The molecule has 0 radical (unpaired) electrons. The summed E-state index contributed by atoms with van der Waals surface area (Å²) < 4.78 is 11.4. The van der Waals surface area contributed by atoms with E-state index < -0.39 is 6.10 Å². The second kappa shape index (κ2) is 11.2. The first kappa shape index (κ1) is 25.6. The van der Waals surface area contributed by atoms with Gasteiger partial charge in [0.05, 0.1) is 38.9 Å². The van der Waals surface area contributed by atoms with Crippen LogP contribution in [0.5, 0.6) is 0 Å². The largest absolute Gasteiger partial charge is 0.385 e. The predicted octanol–water partition coefficient (Wildman–Crippen LogP) is 5.27. The molecule has 0 unspecified atom stereocenters. The summed E-state index contributed by atoms with van der Waals surface area (Å²) in [4.78, 5) is 1.38. The minimum Gasteiger partial charge on any atom is -0.385 e. The van der Waals surface area contributed by atoms with E-state index in [0.29, 0.717) is 26.2 Å². The molecular weight excluding hydrogens is 482 g/mol. The highest BCUT2D eigenvalue weighted by molar-refractivity contribution is 6.08. The van der Waals surface area contributed by atoms with Crippen molar-refractivity contribution in [1.29, 1.82) is 0 Å². The normalized spacial score (nSPS) is 13.1. The fraction of sp³-hybridized carbons (Fsp3) is 0.294. The zero-order valence-corrected chi connectivity index (χ0v) is 22.9. The van der Waals surface area contributed by atoms with Gasteiger partial charge in [0.25, 0.3) is 0 Å². The maximum absolute atomic E-state index is 10.9. The van der Waals surface area contributed by atoms with Crippen molar-refractivity contribution in [1.82, 2.24) is 9.13 Å². The van der Waals surface area contributed by atoms with Gasteiger partial charge in [-0.3, -0.25) is 0 Å². The van der Waals surface area contributed by atoms with Crippen LogP contribution in [0, 0.1) is 0 Å². The van der Waals surface area contributed by atoms with Gasteiger partial charge in [-0.15, -0.1) is 0 Å². The highest BCUT2D eigenvalue weighted by Gasteiger charge is 2.21. The summed E-state index contributed by atoms with van der Waals surface area (Å²) in [5.41, 5.74) is 4.84. The number of likely N-dealkylation sites (N-methyl/N-ethyl adjacent to an activating group) is 1.